The van der Waals surface area contributed by atoms with E-state index >= 15 is 0 Å². The number of ether oxygens (including phenoxy) is 1. The number of likely N-dealkylation sites (tertiary alicyclic amines) is 1. The summed E-state index contributed by atoms with van der Waals surface area (Å²) in [7, 11) is 0. The van der Waals surface area contributed by atoms with E-state index < -0.39 is 11.7 Å². The zero-order chi connectivity index (χ0) is 16.8. The molecule has 1 atom stereocenters. The lowest BCUT2D eigenvalue weighted by Crippen LogP contribution is -2.37. The molecule has 5 heteroatoms. The summed E-state index contributed by atoms with van der Waals surface area (Å²) in [6.45, 7) is 7.63. The van der Waals surface area contributed by atoms with Crippen LogP contribution >= 0.6 is 0 Å². The maximum Gasteiger partial charge on any atom is 0.417 e. The number of hydrogen-bond donors (Lipinski definition) is 0. The van der Waals surface area contributed by atoms with Crippen molar-refractivity contribution in [1.82, 2.24) is 4.90 Å². The lowest BCUT2D eigenvalue weighted by molar-refractivity contribution is -0.127. The van der Waals surface area contributed by atoms with E-state index in [4.69, 9.17) is 9.15 Å². The van der Waals surface area contributed by atoms with Gasteiger partial charge in [-0.3, -0.25) is 4.79 Å². The average Bonchev–Trinajstić information content (AvgIpc) is 3.01. The number of imide groups is 1. The van der Waals surface area contributed by atoms with Crippen molar-refractivity contribution in [2.75, 3.05) is 6.54 Å². The van der Waals surface area contributed by atoms with Gasteiger partial charge >= 0.3 is 6.09 Å². The predicted molar refractivity (Wildman–Crippen MR) is 86.3 cm³/mol. The Kier molecular flexibility index (Phi) is 3.66. The molecular weight excluding hydrogens is 294 g/mol. The molecule has 1 fully saturated rings. The molecule has 3 rings (SSSR count). The SMILES string of the molecule is Cc1cccc2cc([C@@H]3CC(=O)N(C(=O)OC(C)(C)C)C3)oc12. The molecular formula is C18H21NO4. The minimum Gasteiger partial charge on any atom is -0.460 e. The van der Waals surface area contributed by atoms with Crippen LogP contribution in [0.15, 0.2) is 28.7 Å². The second-order valence-corrected chi connectivity index (χ2v) is 7.03. The van der Waals surface area contributed by atoms with E-state index in [9.17, 15) is 9.59 Å². The normalized spacial score (nSPS) is 18.7. The zero-order valence-electron chi connectivity index (χ0n) is 13.9. The van der Waals surface area contributed by atoms with Crippen molar-refractivity contribution in [1.29, 1.82) is 0 Å². The number of furan rings is 1. The van der Waals surface area contributed by atoms with Crippen LogP contribution in [-0.4, -0.2) is 29.0 Å². The highest BCUT2D eigenvalue weighted by Gasteiger charge is 2.38. The standard InChI is InChI=1S/C18H21NO4/c1-11-6-5-7-12-8-14(22-16(11)12)13-9-15(20)19(10-13)17(21)23-18(2,3)4/h5-8,13H,9-10H2,1-4H3/t13-/m1/s1. The summed E-state index contributed by atoms with van der Waals surface area (Å²) in [6, 6.07) is 7.91. The van der Waals surface area contributed by atoms with Crippen molar-refractivity contribution >= 4 is 23.0 Å². The number of carbonyl (C=O) groups is 2. The number of carbonyl (C=O) groups excluding carboxylic acids is 2. The molecule has 1 saturated heterocycles. The molecule has 0 spiro atoms. The molecule has 1 aromatic carbocycles. The van der Waals surface area contributed by atoms with Gasteiger partial charge in [0.25, 0.3) is 0 Å². The summed E-state index contributed by atoms with van der Waals surface area (Å²) in [6.07, 6.45) is -0.324. The van der Waals surface area contributed by atoms with Gasteiger partial charge in [0.2, 0.25) is 5.91 Å². The van der Waals surface area contributed by atoms with Crippen molar-refractivity contribution < 1.29 is 18.7 Å². The zero-order valence-corrected chi connectivity index (χ0v) is 13.9. The Hall–Kier alpha value is -2.30. The Morgan fingerprint density at radius 2 is 2.09 bits per heavy atom. The van der Waals surface area contributed by atoms with Crippen LogP contribution in [0.5, 0.6) is 0 Å². The third kappa shape index (κ3) is 3.09. The van der Waals surface area contributed by atoms with Gasteiger partial charge in [0, 0.05) is 24.3 Å². The molecule has 1 aromatic heterocycles. The summed E-state index contributed by atoms with van der Waals surface area (Å²) in [5.74, 6) is 0.400. The van der Waals surface area contributed by atoms with Gasteiger partial charge in [-0.15, -0.1) is 0 Å². The van der Waals surface area contributed by atoms with E-state index in [1.165, 1.54) is 4.90 Å². The van der Waals surface area contributed by atoms with Crippen LogP contribution in [-0.2, 0) is 9.53 Å². The fraction of sp³-hybridized carbons (Fsp3) is 0.444. The first kappa shape index (κ1) is 15.6. The van der Waals surface area contributed by atoms with Crippen LogP contribution in [0.1, 0.15) is 44.4 Å². The van der Waals surface area contributed by atoms with Gasteiger partial charge in [-0.2, -0.15) is 0 Å². The second-order valence-electron chi connectivity index (χ2n) is 7.03. The number of nitrogens with zero attached hydrogens (tertiary/aromatic N) is 1. The van der Waals surface area contributed by atoms with Gasteiger partial charge in [-0.25, -0.2) is 9.69 Å². The maximum absolute atomic E-state index is 12.2. The van der Waals surface area contributed by atoms with E-state index in [0.717, 1.165) is 22.3 Å². The monoisotopic (exact) mass is 315 g/mol. The number of aryl methyl sites for hydroxylation is 1. The first-order valence-corrected chi connectivity index (χ1v) is 7.77. The molecule has 1 aliphatic heterocycles. The van der Waals surface area contributed by atoms with E-state index in [1.54, 1.807) is 20.8 Å². The fourth-order valence-electron chi connectivity index (χ4n) is 2.82. The molecule has 0 saturated carbocycles. The molecule has 2 heterocycles. The number of fused-ring (bicyclic) bond motifs is 1. The fourth-order valence-corrected chi connectivity index (χ4v) is 2.82. The van der Waals surface area contributed by atoms with Gasteiger partial charge in [-0.05, 0) is 39.3 Å². The number of hydrogen-bond acceptors (Lipinski definition) is 4. The predicted octanol–water partition coefficient (Wildman–Crippen LogP) is 3.99. The lowest BCUT2D eigenvalue weighted by Gasteiger charge is -2.23. The first-order chi connectivity index (χ1) is 10.7. The summed E-state index contributed by atoms with van der Waals surface area (Å²) in [5, 5.41) is 1.02. The van der Waals surface area contributed by atoms with Gasteiger partial charge in [0.1, 0.15) is 16.9 Å². The molecule has 0 radical (unpaired) electrons. The molecule has 5 nitrogen and oxygen atoms in total. The minimum atomic E-state index is -0.619. The van der Waals surface area contributed by atoms with Crippen LogP contribution in [0.4, 0.5) is 4.79 Å². The van der Waals surface area contributed by atoms with Crippen molar-refractivity contribution in [3.63, 3.8) is 0 Å². The van der Waals surface area contributed by atoms with Crippen LogP contribution in [0, 0.1) is 6.92 Å². The number of para-hydroxylation sites is 1. The second kappa shape index (κ2) is 5.41. The number of rotatable bonds is 1. The summed E-state index contributed by atoms with van der Waals surface area (Å²) in [5.41, 5.74) is 1.28. The molecule has 0 unspecified atom stereocenters. The largest absolute Gasteiger partial charge is 0.460 e. The Bertz CT molecular complexity index is 769. The van der Waals surface area contributed by atoms with Crippen LogP contribution < -0.4 is 0 Å². The molecule has 0 aliphatic carbocycles. The molecule has 2 aromatic rings. The molecule has 1 aliphatic rings. The van der Waals surface area contributed by atoms with Crippen molar-refractivity contribution in [2.45, 2.75) is 45.6 Å². The van der Waals surface area contributed by atoms with E-state index in [2.05, 4.69) is 0 Å². The third-order valence-corrected chi connectivity index (χ3v) is 3.90. The highest BCUT2D eigenvalue weighted by Crippen LogP contribution is 2.33. The summed E-state index contributed by atoms with van der Waals surface area (Å²) < 4.78 is 11.2. The van der Waals surface area contributed by atoms with Gasteiger partial charge in [0.05, 0.1) is 0 Å². The Morgan fingerprint density at radius 1 is 1.35 bits per heavy atom. The number of amides is 2. The van der Waals surface area contributed by atoms with E-state index in [1.807, 2.05) is 31.2 Å². The smallest absolute Gasteiger partial charge is 0.417 e. The van der Waals surface area contributed by atoms with Crippen LogP contribution in [0.2, 0.25) is 0 Å². The van der Waals surface area contributed by atoms with E-state index in [0.29, 0.717) is 6.54 Å². The van der Waals surface area contributed by atoms with Crippen molar-refractivity contribution in [3.8, 4) is 0 Å². The third-order valence-electron chi connectivity index (χ3n) is 3.90. The lowest BCUT2D eigenvalue weighted by atomic mass is 10.1. The minimum absolute atomic E-state index is 0.123. The van der Waals surface area contributed by atoms with Crippen molar-refractivity contribution in [2.24, 2.45) is 0 Å². The molecule has 0 N–H and O–H groups in total. The van der Waals surface area contributed by atoms with Crippen LogP contribution in [0.25, 0.3) is 11.0 Å². The molecule has 23 heavy (non-hydrogen) atoms. The van der Waals surface area contributed by atoms with Crippen molar-refractivity contribution in [3.05, 3.63) is 35.6 Å². The Morgan fingerprint density at radius 3 is 2.74 bits per heavy atom. The van der Waals surface area contributed by atoms with Gasteiger partial charge in [0.15, 0.2) is 0 Å². The summed E-state index contributed by atoms with van der Waals surface area (Å²) >= 11 is 0. The van der Waals surface area contributed by atoms with Crippen LogP contribution in [0.3, 0.4) is 0 Å². The Labute approximate surface area is 135 Å². The van der Waals surface area contributed by atoms with Gasteiger partial charge in [-0.1, -0.05) is 18.2 Å². The van der Waals surface area contributed by atoms with Gasteiger partial charge < -0.3 is 9.15 Å². The molecule has 0 bridgehead atoms. The Balaban J connectivity index is 1.81. The topological polar surface area (TPSA) is 59.8 Å². The summed E-state index contributed by atoms with van der Waals surface area (Å²) in [4.78, 5) is 25.5. The average molecular weight is 315 g/mol. The maximum atomic E-state index is 12.2. The molecule has 2 amide bonds. The number of benzene rings is 1. The first-order valence-electron chi connectivity index (χ1n) is 7.77. The highest BCUT2D eigenvalue weighted by molar-refractivity contribution is 5.94. The molecule has 122 valence electrons. The quantitative estimate of drug-likeness (QED) is 0.798. The van der Waals surface area contributed by atoms with E-state index in [-0.39, 0.29) is 18.2 Å². The highest BCUT2D eigenvalue weighted by atomic mass is 16.6.